The molecule has 3 N–H and O–H groups in total. The van der Waals surface area contributed by atoms with Gasteiger partial charge in [-0.2, -0.15) is 4.99 Å². The van der Waals surface area contributed by atoms with Crippen molar-refractivity contribution in [3.63, 3.8) is 0 Å². The normalized spacial score (nSPS) is 11.1. The molecule has 1 rings (SSSR count). The Balaban J connectivity index is 2.22. The van der Waals surface area contributed by atoms with Crippen molar-refractivity contribution in [2.24, 2.45) is 10.7 Å². The quantitative estimate of drug-likeness (QED) is 0.364. The number of pyridine rings is 1. The SMILES string of the molecule is CN(C)C(N)=NC(=S)NCCCc1cccnc1. The summed E-state index contributed by atoms with van der Waals surface area (Å²) in [6.07, 6.45) is 5.59. The smallest absolute Gasteiger partial charge is 0.198 e. The number of aromatic nitrogens is 1. The van der Waals surface area contributed by atoms with E-state index in [0.29, 0.717) is 11.1 Å². The van der Waals surface area contributed by atoms with Crippen molar-refractivity contribution in [1.29, 1.82) is 0 Å². The second kappa shape index (κ2) is 7.60. The molecule has 0 unspecified atom stereocenters. The highest BCUT2D eigenvalue weighted by atomic mass is 32.1. The van der Waals surface area contributed by atoms with Gasteiger partial charge in [-0.15, -0.1) is 0 Å². The molecular formula is C12H19N5S. The fourth-order valence-electron chi connectivity index (χ4n) is 1.28. The zero-order valence-corrected chi connectivity index (χ0v) is 11.6. The first-order valence-electron chi connectivity index (χ1n) is 5.78. The van der Waals surface area contributed by atoms with E-state index in [9.17, 15) is 0 Å². The molecule has 1 aromatic heterocycles. The van der Waals surface area contributed by atoms with Gasteiger partial charge in [-0.3, -0.25) is 4.98 Å². The summed E-state index contributed by atoms with van der Waals surface area (Å²) in [7, 11) is 3.65. The molecule has 0 saturated heterocycles. The monoisotopic (exact) mass is 265 g/mol. The minimum absolute atomic E-state index is 0.403. The highest BCUT2D eigenvalue weighted by molar-refractivity contribution is 7.80. The van der Waals surface area contributed by atoms with Crippen molar-refractivity contribution in [3.05, 3.63) is 30.1 Å². The molecule has 0 fully saturated rings. The van der Waals surface area contributed by atoms with Crippen LogP contribution in [0.5, 0.6) is 0 Å². The molecule has 0 aliphatic carbocycles. The van der Waals surface area contributed by atoms with Crippen LogP contribution < -0.4 is 11.1 Å². The van der Waals surface area contributed by atoms with E-state index in [1.165, 1.54) is 5.56 Å². The summed E-state index contributed by atoms with van der Waals surface area (Å²) in [5.74, 6) is 0.403. The summed E-state index contributed by atoms with van der Waals surface area (Å²) in [5.41, 5.74) is 6.88. The molecule has 6 heteroatoms. The number of nitrogens with zero attached hydrogens (tertiary/aromatic N) is 3. The molecule has 0 bridgehead atoms. The van der Waals surface area contributed by atoms with Crippen LogP contribution in [-0.2, 0) is 6.42 Å². The van der Waals surface area contributed by atoms with E-state index in [0.717, 1.165) is 19.4 Å². The fraction of sp³-hybridized carbons (Fsp3) is 0.417. The van der Waals surface area contributed by atoms with Crippen molar-refractivity contribution >= 4 is 23.3 Å². The van der Waals surface area contributed by atoms with Gasteiger partial charge in [0.25, 0.3) is 0 Å². The predicted octanol–water partition coefficient (Wildman–Crippen LogP) is 0.765. The summed E-state index contributed by atoms with van der Waals surface area (Å²) >= 11 is 5.06. The zero-order chi connectivity index (χ0) is 13.4. The maximum atomic E-state index is 5.65. The van der Waals surface area contributed by atoms with Crippen LogP contribution in [0.2, 0.25) is 0 Å². The zero-order valence-electron chi connectivity index (χ0n) is 10.8. The van der Waals surface area contributed by atoms with E-state index in [1.54, 1.807) is 11.1 Å². The van der Waals surface area contributed by atoms with E-state index in [4.69, 9.17) is 18.0 Å². The van der Waals surface area contributed by atoms with Crippen molar-refractivity contribution in [3.8, 4) is 0 Å². The Labute approximate surface area is 113 Å². The Morgan fingerprint density at radius 1 is 1.56 bits per heavy atom. The van der Waals surface area contributed by atoms with Gasteiger partial charge in [0, 0.05) is 33.0 Å². The first kappa shape index (κ1) is 14.4. The largest absolute Gasteiger partial charge is 0.369 e. The molecule has 0 aliphatic rings. The van der Waals surface area contributed by atoms with Gasteiger partial charge in [0.2, 0.25) is 0 Å². The topological polar surface area (TPSA) is 66.5 Å². The Morgan fingerprint density at radius 2 is 2.33 bits per heavy atom. The maximum Gasteiger partial charge on any atom is 0.198 e. The molecule has 0 amide bonds. The van der Waals surface area contributed by atoms with Gasteiger partial charge in [-0.1, -0.05) is 6.07 Å². The summed E-state index contributed by atoms with van der Waals surface area (Å²) < 4.78 is 0. The molecule has 98 valence electrons. The molecule has 0 radical (unpaired) electrons. The van der Waals surface area contributed by atoms with Crippen LogP contribution in [0.1, 0.15) is 12.0 Å². The van der Waals surface area contributed by atoms with Crippen LogP contribution in [0.15, 0.2) is 29.5 Å². The van der Waals surface area contributed by atoms with Gasteiger partial charge in [-0.05, 0) is 36.7 Å². The summed E-state index contributed by atoms with van der Waals surface area (Å²) in [6.45, 7) is 0.776. The van der Waals surface area contributed by atoms with E-state index >= 15 is 0 Å². The van der Waals surface area contributed by atoms with Crippen LogP contribution in [0.3, 0.4) is 0 Å². The lowest BCUT2D eigenvalue weighted by Crippen LogP contribution is -2.33. The third kappa shape index (κ3) is 5.58. The first-order chi connectivity index (χ1) is 8.59. The number of thiocarbonyl (C=S) groups is 1. The number of aliphatic imine (C=N–C) groups is 1. The molecular weight excluding hydrogens is 246 g/mol. The third-order valence-corrected chi connectivity index (χ3v) is 2.55. The predicted molar refractivity (Wildman–Crippen MR) is 78.5 cm³/mol. The number of hydrogen-bond acceptors (Lipinski definition) is 2. The van der Waals surface area contributed by atoms with E-state index < -0.39 is 0 Å². The van der Waals surface area contributed by atoms with Crippen molar-refractivity contribution < 1.29 is 0 Å². The van der Waals surface area contributed by atoms with Gasteiger partial charge in [0.15, 0.2) is 11.1 Å². The average Bonchev–Trinajstić information content (AvgIpc) is 2.35. The maximum absolute atomic E-state index is 5.65. The van der Waals surface area contributed by atoms with Gasteiger partial charge < -0.3 is 16.0 Å². The standard InChI is InChI=1S/C12H19N5S/c1-17(2)11(13)16-12(18)15-8-4-6-10-5-3-7-14-9-10/h3,5,7,9H,4,6,8H2,1-2H3,(H3,13,15,16,18). The molecule has 0 aromatic carbocycles. The minimum atomic E-state index is 0.403. The van der Waals surface area contributed by atoms with Crippen LogP contribution in [0.4, 0.5) is 0 Å². The number of rotatable bonds is 4. The van der Waals surface area contributed by atoms with Crippen LogP contribution in [0, 0.1) is 0 Å². The summed E-state index contributed by atoms with van der Waals surface area (Å²) in [4.78, 5) is 9.83. The Kier molecular flexibility index (Phi) is 6.07. The van der Waals surface area contributed by atoms with Crippen LogP contribution >= 0.6 is 12.2 Å². The molecule has 0 aliphatic heterocycles. The summed E-state index contributed by atoms with van der Waals surface area (Å²) in [5, 5.41) is 3.48. The van der Waals surface area contributed by atoms with Crippen LogP contribution in [0.25, 0.3) is 0 Å². The second-order valence-electron chi connectivity index (χ2n) is 4.06. The van der Waals surface area contributed by atoms with Crippen molar-refractivity contribution in [1.82, 2.24) is 15.2 Å². The van der Waals surface area contributed by atoms with E-state index in [-0.39, 0.29) is 0 Å². The van der Waals surface area contributed by atoms with Gasteiger partial charge in [-0.25, -0.2) is 0 Å². The number of guanidine groups is 1. The second-order valence-corrected chi connectivity index (χ2v) is 4.45. The molecule has 0 saturated carbocycles. The third-order valence-electron chi connectivity index (χ3n) is 2.32. The Bertz CT molecular complexity index is 402. The molecule has 0 spiro atoms. The van der Waals surface area contributed by atoms with Gasteiger partial charge in [0.05, 0.1) is 0 Å². The van der Waals surface area contributed by atoms with Crippen molar-refractivity contribution in [2.45, 2.75) is 12.8 Å². The highest BCUT2D eigenvalue weighted by Gasteiger charge is 1.98. The molecule has 5 nitrogen and oxygen atoms in total. The number of nitrogens with two attached hydrogens (primary N) is 1. The average molecular weight is 265 g/mol. The van der Waals surface area contributed by atoms with E-state index in [2.05, 4.69) is 21.4 Å². The van der Waals surface area contributed by atoms with Crippen molar-refractivity contribution in [2.75, 3.05) is 20.6 Å². The molecule has 18 heavy (non-hydrogen) atoms. The fourth-order valence-corrected chi connectivity index (χ4v) is 1.47. The Hall–Kier alpha value is -1.69. The lowest BCUT2D eigenvalue weighted by Gasteiger charge is -2.11. The summed E-state index contributed by atoms with van der Waals surface area (Å²) in [6, 6.07) is 4.00. The number of aryl methyl sites for hydroxylation is 1. The molecule has 1 aromatic rings. The molecule has 1 heterocycles. The number of nitrogens with one attached hydrogen (secondary N) is 1. The lowest BCUT2D eigenvalue weighted by atomic mass is 10.2. The number of hydrogen-bond donors (Lipinski definition) is 2. The Morgan fingerprint density at radius 3 is 2.94 bits per heavy atom. The van der Waals surface area contributed by atoms with Crippen LogP contribution in [-0.4, -0.2) is 41.6 Å². The van der Waals surface area contributed by atoms with E-state index in [1.807, 2.05) is 26.4 Å². The van der Waals surface area contributed by atoms with Gasteiger partial charge >= 0.3 is 0 Å². The first-order valence-corrected chi connectivity index (χ1v) is 6.18. The molecule has 0 atom stereocenters. The lowest BCUT2D eigenvalue weighted by molar-refractivity contribution is 0.615. The minimum Gasteiger partial charge on any atom is -0.369 e. The van der Waals surface area contributed by atoms with Gasteiger partial charge in [0.1, 0.15) is 0 Å². The highest BCUT2D eigenvalue weighted by Crippen LogP contribution is 1.99.